The summed E-state index contributed by atoms with van der Waals surface area (Å²) >= 11 is 0. The molecule has 11 heteroatoms. The summed E-state index contributed by atoms with van der Waals surface area (Å²) in [6, 6.07) is 1.93. The molecule has 0 radical (unpaired) electrons. The molecule has 9 nitrogen and oxygen atoms in total. The van der Waals surface area contributed by atoms with E-state index < -0.39 is 41.7 Å². The Balaban J connectivity index is 2.26. The van der Waals surface area contributed by atoms with E-state index in [1.54, 1.807) is 13.8 Å². The van der Waals surface area contributed by atoms with Crippen LogP contribution in [0.3, 0.4) is 0 Å². The number of amides is 4. The molecule has 1 heterocycles. The summed E-state index contributed by atoms with van der Waals surface area (Å²) in [5.74, 6) is -3.68. The van der Waals surface area contributed by atoms with E-state index in [1.807, 2.05) is 0 Å². The van der Waals surface area contributed by atoms with Crippen LogP contribution < -0.4 is 21.3 Å². The lowest BCUT2D eigenvalue weighted by molar-refractivity contribution is -0.134. The number of rotatable bonds is 7. The van der Waals surface area contributed by atoms with E-state index >= 15 is 0 Å². The van der Waals surface area contributed by atoms with Gasteiger partial charge in [-0.25, -0.2) is 8.78 Å². The number of nitrogens with two attached hydrogens (primary N) is 1. The van der Waals surface area contributed by atoms with Crippen LogP contribution in [0.25, 0.3) is 0 Å². The third-order valence-electron chi connectivity index (χ3n) is 4.18. The van der Waals surface area contributed by atoms with Gasteiger partial charge in [0.05, 0.1) is 6.61 Å². The van der Waals surface area contributed by atoms with Gasteiger partial charge in [-0.15, -0.1) is 0 Å². The number of anilines is 2. The Morgan fingerprint density at radius 2 is 1.90 bits per heavy atom. The highest BCUT2D eigenvalue weighted by Crippen LogP contribution is 2.32. The monoisotopic (exact) mass is 412 g/mol. The van der Waals surface area contributed by atoms with Gasteiger partial charge in [-0.3, -0.25) is 19.2 Å². The van der Waals surface area contributed by atoms with Crippen LogP contribution >= 0.6 is 0 Å². The van der Waals surface area contributed by atoms with Gasteiger partial charge in [-0.1, -0.05) is 13.8 Å². The molecule has 0 spiro atoms. The topological polar surface area (TPSA) is 131 Å². The number of benzene rings is 1. The number of primary amides is 1. The average molecular weight is 412 g/mol. The SMILES string of the molecule is CC(C)C(=O)N[C@H](C(N)=O)C(=O)Nc1ccc(N2CCOCC2=O)cc1C(F)F. The summed E-state index contributed by atoms with van der Waals surface area (Å²) in [7, 11) is 0. The Morgan fingerprint density at radius 1 is 1.21 bits per heavy atom. The number of ether oxygens (including phenoxy) is 1. The molecule has 2 rings (SSSR count). The molecular formula is C18H22F2N4O5. The Hall–Kier alpha value is -3.08. The Kier molecular flexibility index (Phi) is 7.21. The second kappa shape index (κ2) is 9.41. The van der Waals surface area contributed by atoms with Gasteiger partial charge in [0.15, 0.2) is 6.04 Å². The molecule has 1 fully saturated rings. The summed E-state index contributed by atoms with van der Waals surface area (Å²) in [4.78, 5) is 48.9. The van der Waals surface area contributed by atoms with E-state index in [0.717, 1.165) is 6.07 Å². The Labute approximate surface area is 165 Å². The molecule has 1 aliphatic heterocycles. The number of hydrogen-bond donors (Lipinski definition) is 3. The van der Waals surface area contributed by atoms with Gasteiger partial charge in [0.25, 0.3) is 18.2 Å². The predicted molar refractivity (Wildman–Crippen MR) is 99.2 cm³/mol. The van der Waals surface area contributed by atoms with Gasteiger partial charge in [0.2, 0.25) is 11.8 Å². The minimum Gasteiger partial charge on any atom is -0.370 e. The highest BCUT2D eigenvalue weighted by molar-refractivity contribution is 6.11. The van der Waals surface area contributed by atoms with Gasteiger partial charge in [-0.2, -0.15) is 0 Å². The number of alkyl halides is 2. The first kappa shape index (κ1) is 22.2. The molecular weight excluding hydrogens is 390 g/mol. The fourth-order valence-corrected chi connectivity index (χ4v) is 2.58. The summed E-state index contributed by atoms with van der Waals surface area (Å²) in [5.41, 5.74) is 4.57. The van der Waals surface area contributed by atoms with Crippen LogP contribution in [0, 0.1) is 5.92 Å². The minimum atomic E-state index is -2.97. The number of carbonyl (C=O) groups excluding carboxylic acids is 4. The van der Waals surface area contributed by atoms with E-state index in [2.05, 4.69) is 10.6 Å². The first-order chi connectivity index (χ1) is 13.6. The molecule has 0 aromatic heterocycles. The van der Waals surface area contributed by atoms with Crippen molar-refractivity contribution in [2.75, 3.05) is 30.0 Å². The van der Waals surface area contributed by atoms with Crippen molar-refractivity contribution in [2.45, 2.75) is 26.3 Å². The zero-order valence-electron chi connectivity index (χ0n) is 15.9. The molecule has 4 amide bonds. The smallest absolute Gasteiger partial charge is 0.265 e. The standard InChI is InChI=1S/C18H22F2N4O5/c1-9(2)17(27)23-14(16(21)26)18(28)22-12-4-3-10(7-11(12)15(19)20)24-5-6-29-8-13(24)25/h3-4,7,9,14-15H,5-6,8H2,1-2H3,(H2,21,26)(H,22,28)(H,23,27)/t14-/m1/s1. The van der Waals surface area contributed by atoms with Crippen LogP contribution in [0.5, 0.6) is 0 Å². The number of hydrogen-bond acceptors (Lipinski definition) is 5. The first-order valence-electron chi connectivity index (χ1n) is 8.82. The average Bonchev–Trinajstić information content (AvgIpc) is 2.66. The van der Waals surface area contributed by atoms with Crippen LogP contribution in [0.1, 0.15) is 25.8 Å². The molecule has 0 aliphatic carbocycles. The lowest BCUT2D eigenvalue weighted by Gasteiger charge is -2.27. The zero-order chi connectivity index (χ0) is 21.7. The van der Waals surface area contributed by atoms with E-state index in [1.165, 1.54) is 17.0 Å². The van der Waals surface area contributed by atoms with E-state index in [4.69, 9.17) is 10.5 Å². The summed E-state index contributed by atoms with van der Waals surface area (Å²) < 4.78 is 32.1. The molecule has 1 aromatic rings. The van der Waals surface area contributed by atoms with Crippen molar-refractivity contribution in [2.24, 2.45) is 11.7 Å². The van der Waals surface area contributed by atoms with E-state index in [-0.39, 0.29) is 37.0 Å². The third kappa shape index (κ3) is 5.47. The van der Waals surface area contributed by atoms with Crippen molar-refractivity contribution in [3.05, 3.63) is 23.8 Å². The summed E-state index contributed by atoms with van der Waals surface area (Å²) in [5, 5.41) is 4.37. The molecule has 1 atom stereocenters. The molecule has 29 heavy (non-hydrogen) atoms. The molecule has 0 unspecified atom stereocenters. The highest BCUT2D eigenvalue weighted by Gasteiger charge is 2.29. The number of nitrogens with one attached hydrogen (secondary N) is 2. The van der Waals surface area contributed by atoms with Crippen molar-refractivity contribution in [3.63, 3.8) is 0 Å². The lowest BCUT2D eigenvalue weighted by atomic mass is 10.1. The van der Waals surface area contributed by atoms with Crippen molar-refractivity contribution in [1.82, 2.24) is 5.32 Å². The van der Waals surface area contributed by atoms with Crippen LogP contribution in [0.2, 0.25) is 0 Å². The normalized spacial score (nSPS) is 15.4. The zero-order valence-corrected chi connectivity index (χ0v) is 15.9. The van der Waals surface area contributed by atoms with Crippen molar-refractivity contribution in [3.8, 4) is 0 Å². The van der Waals surface area contributed by atoms with Gasteiger partial charge in [0, 0.05) is 29.4 Å². The molecule has 1 saturated heterocycles. The van der Waals surface area contributed by atoms with Crippen molar-refractivity contribution < 1.29 is 32.7 Å². The lowest BCUT2D eigenvalue weighted by Crippen LogP contribution is -2.52. The minimum absolute atomic E-state index is 0.154. The second-order valence-corrected chi connectivity index (χ2v) is 6.66. The molecule has 4 N–H and O–H groups in total. The van der Waals surface area contributed by atoms with Gasteiger partial charge in [-0.05, 0) is 18.2 Å². The maximum atomic E-state index is 13.6. The number of morpholine rings is 1. The maximum absolute atomic E-state index is 13.6. The third-order valence-corrected chi connectivity index (χ3v) is 4.18. The second-order valence-electron chi connectivity index (χ2n) is 6.66. The van der Waals surface area contributed by atoms with Crippen LogP contribution in [0.4, 0.5) is 20.2 Å². The quantitative estimate of drug-likeness (QED) is 0.563. The first-order valence-corrected chi connectivity index (χ1v) is 8.82. The summed E-state index contributed by atoms with van der Waals surface area (Å²) in [6.07, 6.45) is -2.97. The van der Waals surface area contributed by atoms with Crippen molar-refractivity contribution >= 4 is 35.0 Å². The van der Waals surface area contributed by atoms with Crippen molar-refractivity contribution in [1.29, 1.82) is 0 Å². The molecule has 0 bridgehead atoms. The molecule has 0 saturated carbocycles. The van der Waals surface area contributed by atoms with Gasteiger partial charge < -0.3 is 26.0 Å². The Morgan fingerprint density at radius 3 is 2.45 bits per heavy atom. The fraction of sp³-hybridized carbons (Fsp3) is 0.444. The fourth-order valence-electron chi connectivity index (χ4n) is 2.58. The largest absolute Gasteiger partial charge is 0.370 e. The van der Waals surface area contributed by atoms with E-state index in [9.17, 15) is 28.0 Å². The van der Waals surface area contributed by atoms with Crippen LogP contribution in [-0.2, 0) is 23.9 Å². The number of carbonyl (C=O) groups is 4. The molecule has 1 aromatic carbocycles. The van der Waals surface area contributed by atoms with Gasteiger partial charge in [0.1, 0.15) is 6.61 Å². The molecule has 1 aliphatic rings. The summed E-state index contributed by atoms with van der Waals surface area (Å²) in [6.45, 7) is 3.41. The van der Waals surface area contributed by atoms with Gasteiger partial charge >= 0.3 is 0 Å². The highest BCUT2D eigenvalue weighted by atomic mass is 19.3. The molecule has 158 valence electrons. The van der Waals surface area contributed by atoms with E-state index in [0.29, 0.717) is 0 Å². The number of nitrogens with zero attached hydrogens (tertiary/aromatic N) is 1. The maximum Gasteiger partial charge on any atom is 0.265 e. The Bertz CT molecular complexity index is 815. The van der Waals surface area contributed by atoms with Crippen LogP contribution in [0.15, 0.2) is 18.2 Å². The predicted octanol–water partition coefficient (Wildman–Crippen LogP) is 0.552. The number of halogens is 2. The van der Waals surface area contributed by atoms with Crippen LogP contribution in [-0.4, -0.2) is 49.4 Å².